The van der Waals surface area contributed by atoms with E-state index in [4.69, 9.17) is 4.99 Å². The molecule has 1 N–H and O–H groups in total. The van der Waals surface area contributed by atoms with Gasteiger partial charge in [-0.2, -0.15) is 0 Å². The molecule has 0 aliphatic carbocycles. The quantitative estimate of drug-likeness (QED) is 0.417. The van der Waals surface area contributed by atoms with Gasteiger partial charge in [-0.1, -0.05) is 42.1 Å². The number of benzene rings is 2. The molecule has 2 aromatic heterocycles. The van der Waals surface area contributed by atoms with Crippen LogP contribution in [0.1, 0.15) is 27.2 Å². The molecule has 3 heterocycles. The number of aromatic nitrogens is 2. The third-order valence-electron chi connectivity index (χ3n) is 5.15. The average molecular weight is 437 g/mol. The fourth-order valence-electron chi connectivity index (χ4n) is 3.55. The molecule has 0 unspecified atom stereocenters. The van der Waals surface area contributed by atoms with Gasteiger partial charge >= 0.3 is 0 Å². The van der Waals surface area contributed by atoms with Crippen molar-refractivity contribution in [1.29, 1.82) is 0 Å². The van der Waals surface area contributed by atoms with Crippen molar-refractivity contribution >= 4 is 29.1 Å². The van der Waals surface area contributed by atoms with Gasteiger partial charge in [-0.25, -0.2) is 4.99 Å². The summed E-state index contributed by atoms with van der Waals surface area (Å²) in [5.74, 6) is -0.113. The maximum absolute atomic E-state index is 12.8. The van der Waals surface area contributed by atoms with E-state index >= 15 is 0 Å². The van der Waals surface area contributed by atoms with Crippen LogP contribution in [-0.2, 0) is 6.42 Å². The van der Waals surface area contributed by atoms with Crippen molar-refractivity contribution in [1.82, 2.24) is 15.3 Å². The Hall–Kier alpha value is -3.77. The highest BCUT2D eigenvalue weighted by Gasteiger charge is 2.20. The minimum absolute atomic E-state index is 0.113. The van der Waals surface area contributed by atoms with Crippen LogP contribution in [0.15, 0.2) is 106 Å². The first-order chi connectivity index (χ1) is 15.8. The second-order valence-corrected chi connectivity index (χ2v) is 8.41. The number of fused-ring (bicyclic) bond motifs is 2. The molecular weight excluding hydrogens is 416 g/mol. The van der Waals surface area contributed by atoms with Gasteiger partial charge in [0.25, 0.3) is 5.91 Å². The molecule has 156 valence electrons. The molecule has 0 saturated carbocycles. The molecule has 0 bridgehead atoms. The van der Waals surface area contributed by atoms with E-state index in [0.717, 1.165) is 44.4 Å². The maximum Gasteiger partial charge on any atom is 0.251 e. The summed E-state index contributed by atoms with van der Waals surface area (Å²) in [5, 5.41) is 3.00. The van der Waals surface area contributed by atoms with Gasteiger partial charge in [-0.05, 0) is 54.4 Å². The third kappa shape index (κ3) is 4.31. The van der Waals surface area contributed by atoms with Crippen LogP contribution >= 0.6 is 11.8 Å². The molecule has 0 radical (unpaired) electrons. The monoisotopic (exact) mass is 436 g/mol. The zero-order chi connectivity index (χ0) is 21.8. The minimum Gasteiger partial charge on any atom is -0.352 e. The summed E-state index contributed by atoms with van der Waals surface area (Å²) in [5.41, 5.74) is 5.10. The topological polar surface area (TPSA) is 67.2 Å². The lowest BCUT2D eigenvalue weighted by Crippen LogP contribution is -2.25. The van der Waals surface area contributed by atoms with Gasteiger partial charge in [-0.15, -0.1) is 0 Å². The highest BCUT2D eigenvalue weighted by atomic mass is 32.2. The second-order valence-electron chi connectivity index (χ2n) is 7.32. The van der Waals surface area contributed by atoms with E-state index in [9.17, 15) is 4.79 Å². The van der Waals surface area contributed by atoms with E-state index in [1.54, 1.807) is 24.2 Å². The standard InChI is InChI=1S/C26H20N4OS/c31-26(29-15-12-18-6-5-13-27-17-18)19-10-11-24-22(16-19)30-25(21-8-3-4-14-28-21)20-7-1-2-9-23(20)32-24/h1-11,13-14,16-17H,12,15H2,(H,29,31). The number of nitrogens with one attached hydrogen (secondary N) is 1. The zero-order valence-corrected chi connectivity index (χ0v) is 18.0. The molecule has 2 aromatic carbocycles. The van der Waals surface area contributed by atoms with Crippen LogP contribution in [0, 0.1) is 0 Å². The zero-order valence-electron chi connectivity index (χ0n) is 17.2. The van der Waals surface area contributed by atoms with Crippen LogP contribution in [-0.4, -0.2) is 28.1 Å². The van der Waals surface area contributed by atoms with E-state index in [0.29, 0.717) is 12.1 Å². The van der Waals surface area contributed by atoms with Crippen molar-refractivity contribution in [3.8, 4) is 0 Å². The maximum atomic E-state index is 12.8. The molecule has 32 heavy (non-hydrogen) atoms. The van der Waals surface area contributed by atoms with Crippen molar-refractivity contribution in [2.45, 2.75) is 16.2 Å². The molecule has 1 aliphatic rings. The fraction of sp³-hybridized carbons (Fsp3) is 0.0769. The summed E-state index contributed by atoms with van der Waals surface area (Å²) in [6.07, 6.45) is 6.06. The molecule has 6 heteroatoms. The molecule has 0 spiro atoms. The predicted octanol–water partition coefficient (Wildman–Crippen LogP) is 5.08. The summed E-state index contributed by atoms with van der Waals surface area (Å²) in [4.78, 5) is 28.5. The Kier molecular flexibility index (Phi) is 5.77. The van der Waals surface area contributed by atoms with Crippen molar-refractivity contribution in [3.63, 3.8) is 0 Å². The number of carbonyl (C=O) groups excluding carboxylic acids is 1. The van der Waals surface area contributed by atoms with Crippen LogP contribution in [0.2, 0.25) is 0 Å². The van der Waals surface area contributed by atoms with Gasteiger partial charge < -0.3 is 5.32 Å². The molecule has 1 amide bonds. The lowest BCUT2D eigenvalue weighted by Gasteiger charge is -2.08. The van der Waals surface area contributed by atoms with Gasteiger partial charge in [0.1, 0.15) is 0 Å². The summed E-state index contributed by atoms with van der Waals surface area (Å²) < 4.78 is 0. The second kappa shape index (κ2) is 9.16. The fourth-order valence-corrected chi connectivity index (χ4v) is 4.55. The van der Waals surface area contributed by atoms with E-state index in [1.165, 1.54) is 0 Å². The molecule has 0 saturated heterocycles. The average Bonchev–Trinajstić information content (AvgIpc) is 3.01. The van der Waals surface area contributed by atoms with Crippen LogP contribution in [0.25, 0.3) is 0 Å². The summed E-state index contributed by atoms with van der Waals surface area (Å²) in [6, 6.07) is 23.6. The highest BCUT2D eigenvalue weighted by Crippen LogP contribution is 2.41. The molecule has 5 nitrogen and oxygen atoms in total. The Balaban J connectivity index is 1.44. The van der Waals surface area contributed by atoms with E-state index in [1.807, 2.05) is 66.9 Å². The van der Waals surface area contributed by atoms with Crippen LogP contribution in [0.3, 0.4) is 0 Å². The molecule has 0 atom stereocenters. The number of nitrogens with zero attached hydrogens (tertiary/aromatic N) is 3. The Morgan fingerprint density at radius 2 is 1.81 bits per heavy atom. The van der Waals surface area contributed by atoms with Crippen molar-refractivity contribution in [2.75, 3.05) is 6.54 Å². The van der Waals surface area contributed by atoms with E-state index in [-0.39, 0.29) is 5.91 Å². The Morgan fingerprint density at radius 1 is 0.906 bits per heavy atom. The number of carbonyl (C=O) groups is 1. The van der Waals surface area contributed by atoms with Crippen molar-refractivity contribution in [2.24, 2.45) is 4.99 Å². The van der Waals surface area contributed by atoms with Gasteiger partial charge in [0, 0.05) is 46.1 Å². The third-order valence-corrected chi connectivity index (χ3v) is 6.29. The van der Waals surface area contributed by atoms with E-state index < -0.39 is 0 Å². The first-order valence-corrected chi connectivity index (χ1v) is 11.2. The number of amides is 1. The number of hydrogen-bond acceptors (Lipinski definition) is 5. The number of pyridine rings is 2. The lowest BCUT2D eigenvalue weighted by molar-refractivity contribution is 0.0954. The minimum atomic E-state index is -0.113. The molecule has 5 rings (SSSR count). The summed E-state index contributed by atoms with van der Waals surface area (Å²) >= 11 is 1.66. The van der Waals surface area contributed by atoms with Crippen LogP contribution in [0.4, 0.5) is 5.69 Å². The number of aliphatic imine (C=N–C) groups is 1. The van der Waals surface area contributed by atoms with Crippen molar-refractivity contribution in [3.05, 3.63) is 114 Å². The number of hydrogen-bond donors (Lipinski definition) is 1. The molecule has 1 aliphatic heterocycles. The van der Waals surface area contributed by atoms with Gasteiger partial charge in [0.15, 0.2) is 0 Å². The first kappa shape index (κ1) is 20.2. The first-order valence-electron chi connectivity index (χ1n) is 10.4. The van der Waals surface area contributed by atoms with Crippen LogP contribution in [0.5, 0.6) is 0 Å². The van der Waals surface area contributed by atoms with Gasteiger partial charge in [-0.3, -0.25) is 14.8 Å². The Bertz CT molecular complexity index is 1290. The SMILES string of the molecule is O=C(NCCc1cccnc1)c1ccc2c(c1)N=C(c1ccccn1)c1ccccc1S2. The van der Waals surface area contributed by atoms with Crippen LogP contribution < -0.4 is 5.32 Å². The number of rotatable bonds is 5. The lowest BCUT2D eigenvalue weighted by atomic mass is 10.1. The molecule has 4 aromatic rings. The van der Waals surface area contributed by atoms with E-state index in [2.05, 4.69) is 27.4 Å². The van der Waals surface area contributed by atoms with Crippen molar-refractivity contribution < 1.29 is 4.79 Å². The summed E-state index contributed by atoms with van der Waals surface area (Å²) in [6.45, 7) is 0.546. The predicted molar refractivity (Wildman–Crippen MR) is 127 cm³/mol. The molecule has 0 fully saturated rings. The van der Waals surface area contributed by atoms with Gasteiger partial charge in [0.05, 0.1) is 17.1 Å². The molecular formula is C26H20N4OS. The normalized spacial score (nSPS) is 12.2. The highest BCUT2D eigenvalue weighted by molar-refractivity contribution is 7.99. The Morgan fingerprint density at radius 3 is 2.66 bits per heavy atom. The smallest absolute Gasteiger partial charge is 0.251 e. The summed E-state index contributed by atoms with van der Waals surface area (Å²) in [7, 11) is 0. The van der Waals surface area contributed by atoms with Gasteiger partial charge in [0.2, 0.25) is 0 Å². The Labute approximate surface area is 190 Å². The largest absolute Gasteiger partial charge is 0.352 e.